The molecule has 0 aromatic rings. The zero-order valence-electron chi connectivity index (χ0n) is 8.91. The van der Waals surface area contributed by atoms with Crippen molar-refractivity contribution in [2.45, 2.75) is 38.3 Å². The van der Waals surface area contributed by atoms with Gasteiger partial charge in [-0.1, -0.05) is 0 Å². The Morgan fingerprint density at radius 1 is 1.57 bits per heavy atom. The van der Waals surface area contributed by atoms with Gasteiger partial charge in [-0.25, -0.2) is 0 Å². The standard InChI is InChI=1S/C10H19NO3/c1-3-13-10(12)9(11-2)7-14-8-5-4-6-8/h8-9,11H,3-7H2,1-2H3/t9-/m0/s1. The molecule has 0 amide bonds. The van der Waals surface area contributed by atoms with E-state index in [0.29, 0.717) is 19.3 Å². The van der Waals surface area contributed by atoms with Crippen LogP contribution in [0.3, 0.4) is 0 Å². The van der Waals surface area contributed by atoms with E-state index in [9.17, 15) is 4.79 Å². The van der Waals surface area contributed by atoms with E-state index in [0.717, 1.165) is 12.8 Å². The second-order valence-electron chi connectivity index (χ2n) is 3.48. The van der Waals surface area contributed by atoms with Crippen molar-refractivity contribution in [3.05, 3.63) is 0 Å². The van der Waals surface area contributed by atoms with Crippen molar-refractivity contribution < 1.29 is 14.3 Å². The summed E-state index contributed by atoms with van der Waals surface area (Å²) in [6, 6.07) is -0.324. The van der Waals surface area contributed by atoms with Gasteiger partial charge >= 0.3 is 5.97 Å². The van der Waals surface area contributed by atoms with Crippen molar-refractivity contribution in [3.63, 3.8) is 0 Å². The van der Waals surface area contributed by atoms with Gasteiger partial charge in [0.05, 0.1) is 19.3 Å². The van der Waals surface area contributed by atoms with Gasteiger partial charge < -0.3 is 14.8 Å². The van der Waals surface area contributed by atoms with Crippen LogP contribution in [0, 0.1) is 0 Å². The van der Waals surface area contributed by atoms with Gasteiger partial charge in [-0.15, -0.1) is 0 Å². The molecule has 1 atom stereocenters. The Balaban J connectivity index is 2.19. The van der Waals surface area contributed by atoms with Gasteiger partial charge in [0.2, 0.25) is 0 Å². The number of esters is 1. The Bertz CT molecular complexity index is 180. The molecule has 0 aromatic carbocycles. The van der Waals surface area contributed by atoms with Crippen molar-refractivity contribution in [1.29, 1.82) is 0 Å². The summed E-state index contributed by atoms with van der Waals surface area (Å²) in [6.45, 7) is 2.64. The molecule has 0 aliphatic heterocycles. The molecule has 0 radical (unpaired) electrons. The van der Waals surface area contributed by atoms with E-state index in [1.54, 1.807) is 14.0 Å². The summed E-state index contributed by atoms with van der Waals surface area (Å²) in [6.07, 6.45) is 3.85. The van der Waals surface area contributed by atoms with Crippen molar-refractivity contribution in [1.82, 2.24) is 5.32 Å². The number of carbonyl (C=O) groups is 1. The monoisotopic (exact) mass is 201 g/mol. The smallest absolute Gasteiger partial charge is 0.325 e. The average molecular weight is 201 g/mol. The molecule has 1 rings (SSSR count). The third kappa shape index (κ3) is 3.27. The Labute approximate surface area is 85.0 Å². The van der Waals surface area contributed by atoms with Crippen molar-refractivity contribution in [2.24, 2.45) is 0 Å². The van der Waals surface area contributed by atoms with Crippen molar-refractivity contribution in [2.75, 3.05) is 20.3 Å². The lowest BCUT2D eigenvalue weighted by Gasteiger charge is -2.27. The average Bonchev–Trinajstić information content (AvgIpc) is 2.09. The Hall–Kier alpha value is -0.610. The van der Waals surface area contributed by atoms with Crippen LogP contribution in [-0.2, 0) is 14.3 Å². The van der Waals surface area contributed by atoms with Crippen LogP contribution in [0.1, 0.15) is 26.2 Å². The maximum atomic E-state index is 11.3. The Morgan fingerprint density at radius 3 is 2.71 bits per heavy atom. The maximum absolute atomic E-state index is 11.3. The molecule has 1 aliphatic rings. The first kappa shape index (κ1) is 11.5. The second-order valence-corrected chi connectivity index (χ2v) is 3.48. The fraction of sp³-hybridized carbons (Fsp3) is 0.900. The molecule has 4 heteroatoms. The van der Waals surface area contributed by atoms with E-state index in [1.165, 1.54) is 6.42 Å². The van der Waals surface area contributed by atoms with E-state index in [2.05, 4.69) is 5.32 Å². The summed E-state index contributed by atoms with van der Waals surface area (Å²) in [5, 5.41) is 2.89. The number of likely N-dealkylation sites (N-methyl/N-ethyl adjacent to an activating group) is 1. The largest absolute Gasteiger partial charge is 0.465 e. The highest BCUT2D eigenvalue weighted by Crippen LogP contribution is 2.21. The fourth-order valence-electron chi connectivity index (χ4n) is 1.28. The molecule has 1 aliphatic carbocycles. The molecule has 0 saturated heterocycles. The zero-order chi connectivity index (χ0) is 10.4. The van der Waals surface area contributed by atoms with E-state index in [1.807, 2.05) is 0 Å². The highest BCUT2D eigenvalue weighted by Gasteiger charge is 2.23. The molecule has 14 heavy (non-hydrogen) atoms. The van der Waals surface area contributed by atoms with Crippen LogP contribution >= 0.6 is 0 Å². The first-order valence-electron chi connectivity index (χ1n) is 5.23. The SMILES string of the molecule is CCOC(=O)[C@H](COC1CCC1)NC. The molecule has 82 valence electrons. The number of ether oxygens (including phenoxy) is 2. The molecular weight excluding hydrogens is 182 g/mol. The number of hydrogen-bond acceptors (Lipinski definition) is 4. The van der Waals surface area contributed by atoms with Crippen molar-refractivity contribution >= 4 is 5.97 Å². The van der Waals surface area contributed by atoms with E-state index in [-0.39, 0.29) is 12.0 Å². The number of nitrogens with one attached hydrogen (secondary N) is 1. The second kappa shape index (κ2) is 5.98. The predicted octanol–water partition coefficient (Wildman–Crippen LogP) is 0.707. The first-order valence-corrected chi connectivity index (χ1v) is 5.23. The molecule has 0 heterocycles. The van der Waals surface area contributed by atoms with Gasteiger partial charge in [-0.05, 0) is 33.2 Å². The summed E-state index contributed by atoms with van der Waals surface area (Å²) in [4.78, 5) is 11.3. The van der Waals surface area contributed by atoms with Crippen LogP contribution in [0.15, 0.2) is 0 Å². The normalized spacial score (nSPS) is 18.7. The Morgan fingerprint density at radius 2 is 2.29 bits per heavy atom. The third-order valence-electron chi connectivity index (χ3n) is 2.47. The van der Waals surface area contributed by atoms with Crippen LogP contribution in [0.5, 0.6) is 0 Å². The molecule has 1 saturated carbocycles. The molecule has 4 nitrogen and oxygen atoms in total. The lowest BCUT2D eigenvalue weighted by atomic mass is 9.96. The Kier molecular flexibility index (Phi) is 4.90. The number of hydrogen-bond donors (Lipinski definition) is 1. The van der Waals surface area contributed by atoms with Gasteiger partial charge in [0.15, 0.2) is 0 Å². The maximum Gasteiger partial charge on any atom is 0.325 e. The molecule has 1 N–H and O–H groups in total. The molecule has 1 fully saturated rings. The molecule has 0 aromatic heterocycles. The van der Waals surface area contributed by atoms with Gasteiger partial charge in [0, 0.05) is 0 Å². The summed E-state index contributed by atoms with van der Waals surface area (Å²) in [7, 11) is 1.74. The number of rotatable bonds is 6. The highest BCUT2D eigenvalue weighted by atomic mass is 16.5. The predicted molar refractivity (Wildman–Crippen MR) is 53.1 cm³/mol. The van der Waals surface area contributed by atoms with Crippen LogP contribution in [0.4, 0.5) is 0 Å². The fourth-order valence-corrected chi connectivity index (χ4v) is 1.28. The lowest BCUT2D eigenvalue weighted by Crippen LogP contribution is -2.41. The molecule has 0 spiro atoms. The lowest BCUT2D eigenvalue weighted by molar-refractivity contribution is -0.148. The molecular formula is C10H19NO3. The number of carbonyl (C=O) groups excluding carboxylic acids is 1. The summed E-state index contributed by atoms with van der Waals surface area (Å²) in [5.41, 5.74) is 0. The van der Waals surface area contributed by atoms with Crippen LogP contribution in [0.25, 0.3) is 0 Å². The molecule has 0 unspecified atom stereocenters. The van der Waals surface area contributed by atoms with E-state index < -0.39 is 0 Å². The third-order valence-corrected chi connectivity index (χ3v) is 2.47. The topological polar surface area (TPSA) is 47.6 Å². The van der Waals surface area contributed by atoms with Crippen LogP contribution in [-0.4, -0.2) is 38.4 Å². The summed E-state index contributed by atoms with van der Waals surface area (Å²) in [5.74, 6) is -0.227. The van der Waals surface area contributed by atoms with E-state index >= 15 is 0 Å². The quantitative estimate of drug-likeness (QED) is 0.643. The first-order chi connectivity index (χ1) is 6.77. The minimum absolute atomic E-state index is 0.227. The van der Waals surface area contributed by atoms with Gasteiger partial charge in [-0.3, -0.25) is 4.79 Å². The van der Waals surface area contributed by atoms with Gasteiger partial charge in [0.25, 0.3) is 0 Å². The summed E-state index contributed by atoms with van der Waals surface area (Å²) < 4.78 is 10.4. The van der Waals surface area contributed by atoms with Gasteiger partial charge in [-0.2, -0.15) is 0 Å². The minimum Gasteiger partial charge on any atom is -0.465 e. The highest BCUT2D eigenvalue weighted by molar-refractivity contribution is 5.75. The minimum atomic E-state index is -0.324. The van der Waals surface area contributed by atoms with Crippen molar-refractivity contribution in [3.8, 4) is 0 Å². The zero-order valence-corrected chi connectivity index (χ0v) is 8.91. The van der Waals surface area contributed by atoms with Gasteiger partial charge in [0.1, 0.15) is 6.04 Å². The summed E-state index contributed by atoms with van der Waals surface area (Å²) >= 11 is 0. The van der Waals surface area contributed by atoms with E-state index in [4.69, 9.17) is 9.47 Å². The van der Waals surface area contributed by atoms with Crippen LogP contribution in [0.2, 0.25) is 0 Å². The van der Waals surface area contributed by atoms with Crippen LogP contribution < -0.4 is 5.32 Å². The molecule has 0 bridgehead atoms.